The number of nitrogens with one attached hydrogen (secondary N) is 1. The molecule has 0 aliphatic heterocycles. The Morgan fingerprint density at radius 1 is 1.08 bits per heavy atom. The number of hydrogen-bond acceptors (Lipinski definition) is 5. The summed E-state index contributed by atoms with van der Waals surface area (Å²) in [5, 5.41) is 12.2. The molecule has 0 aliphatic rings. The van der Waals surface area contributed by atoms with Crippen LogP contribution in [0.25, 0.3) is 0 Å². The van der Waals surface area contributed by atoms with Gasteiger partial charge in [0.25, 0.3) is 0 Å². The third-order valence-corrected chi connectivity index (χ3v) is 3.85. The van der Waals surface area contributed by atoms with Crippen molar-refractivity contribution in [1.29, 1.82) is 0 Å². The van der Waals surface area contributed by atoms with Gasteiger partial charge in [0, 0.05) is 31.0 Å². The van der Waals surface area contributed by atoms with E-state index in [0.717, 1.165) is 11.4 Å². The first-order valence-corrected chi connectivity index (χ1v) is 8.22. The number of aromatic carboxylic acids is 1. The number of benzene rings is 2. The van der Waals surface area contributed by atoms with Crippen LogP contribution in [0.3, 0.4) is 0 Å². The fourth-order valence-corrected chi connectivity index (χ4v) is 2.56. The molecule has 0 spiro atoms. The molecule has 0 atom stereocenters. The van der Waals surface area contributed by atoms with E-state index in [-0.39, 0.29) is 5.56 Å². The molecule has 0 unspecified atom stereocenters. The summed E-state index contributed by atoms with van der Waals surface area (Å²) in [6.45, 7) is 2.62. The number of aromatic nitrogens is 2. The quantitative estimate of drug-likeness (QED) is 0.704. The zero-order chi connectivity index (χ0) is 18.5. The van der Waals surface area contributed by atoms with Crippen molar-refractivity contribution in [3.8, 4) is 0 Å². The van der Waals surface area contributed by atoms with Gasteiger partial charge in [-0.25, -0.2) is 9.78 Å². The number of carboxylic acids is 1. The average Bonchev–Trinajstić information content (AvgIpc) is 2.62. The lowest BCUT2D eigenvalue weighted by Gasteiger charge is -2.18. The Morgan fingerprint density at radius 2 is 1.77 bits per heavy atom. The van der Waals surface area contributed by atoms with Gasteiger partial charge in [-0.2, -0.15) is 4.98 Å². The van der Waals surface area contributed by atoms with Crippen LogP contribution >= 0.6 is 0 Å². The van der Waals surface area contributed by atoms with Crippen LogP contribution in [0.15, 0.2) is 60.7 Å². The van der Waals surface area contributed by atoms with Gasteiger partial charge in [0.1, 0.15) is 5.82 Å². The first-order valence-electron chi connectivity index (χ1n) is 8.22. The highest BCUT2D eigenvalue weighted by molar-refractivity contribution is 5.88. The van der Waals surface area contributed by atoms with E-state index in [2.05, 4.69) is 27.4 Å². The molecule has 1 heterocycles. The van der Waals surface area contributed by atoms with Crippen molar-refractivity contribution in [2.75, 3.05) is 17.3 Å². The summed E-state index contributed by atoms with van der Waals surface area (Å²) >= 11 is 0. The molecule has 3 rings (SSSR count). The van der Waals surface area contributed by atoms with Gasteiger partial charge in [0.15, 0.2) is 0 Å². The van der Waals surface area contributed by atoms with Crippen LogP contribution in [0.5, 0.6) is 0 Å². The lowest BCUT2D eigenvalue weighted by atomic mass is 10.2. The van der Waals surface area contributed by atoms with Crippen LogP contribution in [-0.4, -0.2) is 28.1 Å². The Kier molecular flexibility index (Phi) is 5.12. The second-order valence-electron chi connectivity index (χ2n) is 6.04. The summed E-state index contributed by atoms with van der Waals surface area (Å²) in [4.78, 5) is 22.0. The largest absolute Gasteiger partial charge is 0.478 e. The highest BCUT2D eigenvalue weighted by Crippen LogP contribution is 2.19. The highest BCUT2D eigenvalue weighted by Gasteiger charge is 2.09. The zero-order valence-corrected chi connectivity index (χ0v) is 14.7. The predicted molar refractivity (Wildman–Crippen MR) is 102 cm³/mol. The minimum atomic E-state index is -0.945. The number of rotatable bonds is 6. The predicted octanol–water partition coefficient (Wildman–Crippen LogP) is 3.86. The molecule has 0 radical (unpaired) electrons. The van der Waals surface area contributed by atoms with Gasteiger partial charge >= 0.3 is 5.97 Å². The van der Waals surface area contributed by atoms with Crippen molar-refractivity contribution >= 4 is 23.4 Å². The van der Waals surface area contributed by atoms with E-state index in [1.54, 1.807) is 24.3 Å². The number of hydrogen-bond donors (Lipinski definition) is 2. The first-order chi connectivity index (χ1) is 12.5. The third kappa shape index (κ3) is 4.36. The summed E-state index contributed by atoms with van der Waals surface area (Å²) in [6.07, 6.45) is 0. The smallest absolute Gasteiger partial charge is 0.335 e. The molecule has 0 saturated carbocycles. The highest BCUT2D eigenvalue weighted by atomic mass is 16.4. The Bertz CT molecular complexity index is 895. The number of carboxylic acid groups (broad SMARTS) is 1. The lowest BCUT2D eigenvalue weighted by molar-refractivity contribution is 0.0697. The summed E-state index contributed by atoms with van der Waals surface area (Å²) in [6, 6.07) is 18.5. The second kappa shape index (κ2) is 7.65. The van der Waals surface area contributed by atoms with E-state index in [1.807, 2.05) is 43.1 Å². The summed E-state index contributed by atoms with van der Waals surface area (Å²) in [7, 11) is 1.95. The Labute approximate surface area is 152 Å². The zero-order valence-electron chi connectivity index (χ0n) is 14.7. The van der Waals surface area contributed by atoms with Crippen molar-refractivity contribution in [2.24, 2.45) is 0 Å². The number of anilines is 3. The van der Waals surface area contributed by atoms with Crippen LogP contribution in [0.2, 0.25) is 0 Å². The molecule has 26 heavy (non-hydrogen) atoms. The van der Waals surface area contributed by atoms with Crippen LogP contribution in [-0.2, 0) is 6.54 Å². The third-order valence-electron chi connectivity index (χ3n) is 3.85. The fraction of sp³-hybridized carbons (Fsp3) is 0.150. The van der Waals surface area contributed by atoms with Crippen molar-refractivity contribution in [3.63, 3.8) is 0 Å². The van der Waals surface area contributed by atoms with E-state index < -0.39 is 5.97 Å². The molecule has 0 fully saturated rings. The van der Waals surface area contributed by atoms with Crippen LogP contribution in [0.1, 0.15) is 21.6 Å². The van der Waals surface area contributed by atoms with Crippen molar-refractivity contribution in [1.82, 2.24) is 9.97 Å². The number of aryl methyl sites for hydroxylation is 1. The Morgan fingerprint density at radius 3 is 2.42 bits per heavy atom. The maximum atomic E-state index is 10.9. The van der Waals surface area contributed by atoms with Crippen LogP contribution in [0.4, 0.5) is 17.5 Å². The van der Waals surface area contributed by atoms with Gasteiger partial charge in [-0.15, -0.1) is 0 Å². The van der Waals surface area contributed by atoms with Gasteiger partial charge in [0.2, 0.25) is 5.95 Å². The maximum Gasteiger partial charge on any atom is 0.335 e. The molecule has 6 nitrogen and oxygen atoms in total. The van der Waals surface area contributed by atoms with Crippen LogP contribution < -0.4 is 10.2 Å². The molecular weight excluding hydrogens is 328 g/mol. The van der Waals surface area contributed by atoms with Gasteiger partial charge < -0.3 is 15.3 Å². The van der Waals surface area contributed by atoms with Crippen molar-refractivity contribution in [2.45, 2.75) is 13.5 Å². The topological polar surface area (TPSA) is 78.3 Å². The molecule has 0 bridgehead atoms. The van der Waals surface area contributed by atoms with Crippen molar-refractivity contribution in [3.05, 3.63) is 77.5 Å². The van der Waals surface area contributed by atoms with E-state index in [1.165, 1.54) is 5.56 Å². The van der Waals surface area contributed by atoms with E-state index in [9.17, 15) is 4.79 Å². The minimum absolute atomic E-state index is 0.248. The lowest BCUT2D eigenvalue weighted by Crippen LogP contribution is -2.19. The first kappa shape index (κ1) is 17.4. The molecule has 0 saturated heterocycles. The molecule has 2 N–H and O–H groups in total. The maximum absolute atomic E-state index is 10.9. The SMILES string of the molecule is Cc1cc(Nc2ccc(C(=O)O)cc2)nc(N(C)Cc2ccccc2)n1. The number of nitrogens with zero attached hydrogens (tertiary/aromatic N) is 3. The summed E-state index contributed by atoms with van der Waals surface area (Å²) in [5.41, 5.74) is 3.04. The van der Waals surface area contributed by atoms with Gasteiger partial charge in [-0.05, 0) is 36.8 Å². The van der Waals surface area contributed by atoms with Gasteiger partial charge in [-0.1, -0.05) is 30.3 Å². The molecule has 0 amide bonds. The number of carbonyl (C=O) groups is 1. The van der Waals surface area contributed by atoms with Crippen molar-refractivity contribution < 1.29 is 9.90 Å². The van der Waals surface area contributed by atoms with E-state index in [4.69, 9.17) is 5.11 Å². The van der Waals surface area contributed by atoms with Gasteiger partial charge in [-0.3, -0.25) is 0 Å². The standard InChI is InChI=1S/C20H20N4O2/c1-14-12-18(22-17-10-8-16(9-11-17)19(25)26)23-20(21-14)24(2)13-15-6-4-3-5-7-15/h3-12H,13H2,1-2H3,(H,25,26)(H,21,22,23). The van der Waals surface area contributed by atoms with Crippen LogP contribution in [0, 0.1) is 6.92 Å². The fourth-order valence-electron chi connectivity index (χ4n) is 2.56. The molecule has 2 aromatic carbocycles. The monoisotopic (exact) mass is 348 g/mol. The molecule has 3 aromatic rings. The molecule has 0 aliphatic carbocycles. The average molecular weight is 348 g/mol. The molecule has 1 aromatic heterocycles. The Balaban J connectivity index is 1.77. The summed E-state index contributed by atoms with van der Waals surface area (Å²) < 4.78 is 0. The molecule has 6 heteroatoms. The van der Waals surface area contributed by atoms with E-state index in [0.29, 0.717) is 18.3 Å². The minimum Gasteiger partial charge on any atom is -0.478 e. The van der Waals surface area contributed by atoms with E-state index >= 15 is 0 Å². The second-order valence-corrected chi connectivity index (χ2v) is 6.04. The molecular formula is C20H20N4O2. The molecule has 132 valence electrons. The normalized spacial score (nSPS) is 10.4. The Hall–Kier alpha value is -3.41. The summed E-state index contributed by atoms with van der Waals surface area (Å²) in [5.74, 6) is 0.341. The van der Waals surface area contributed by atoms with Gasteiger partial charge in [0.05, 0.1) is 5.56 Å².